The van der Waals surface area contributed by atoms with Crippen LogP contribution in [-0.4, -0.2) is 30.1 Å². The number of piperidine rings is 1. The molecule has 2 nitrogen and oxygen atoms in total. The first-order valence-corrected chi connectivity index (χ1v) is 7.64. The van der Waals surface area contributed by atoms with Crippen LogP contribution in [0, 0.1) is 11.8 Å². The molecule has 1 aliphatic carbocycles. The van der Waals surface area contributed by atoms with Crippen LogP contribution in [0.15, 0.2) is 0 Å². The second-order valence-electron chi connectivity index (χ2n) is 6.71. The lowest BCUT2D eigenvalue weighted by molar-refractivity contribution is 0.0948. The van der Waals surface area contributed by atoms with Gasteiger partial charge in [-0.3, -0.25) is 4.90 Å². The average molecular weight is 238 g/mol. The van der Waals surface area contributed by atoms with Crippen molar-refractivity contribution >= 4 is 0 Å². The van der Waals surface area contributed by atoms with Gasteiger partial charge in [-0.15, -0.1) is 0 Å². The van der Waals surface area contributed by atoms with Crippen molar-refractivity contribution in [2.75, 3.05) is 13.1 Å². The summed E-state index contributed by atoms with van der Waals surface area (Å²) in [5, 5.41) is 0. The highest BCUT2D eigenvalue weighted by molar-refractivity contribution is 4.85. The lowest BCUT2D eigenvalue weighted by Crippen LogP contribution is -2.49. The Bertz CT molecular complexity index is 227. The summed E-state index contributed by atoms with van der Waals surface area (Å²) < 4.78 is 0. The molecule has 1 aliphatic heterocycles. The fraction of sp³-hybridized carbons (Fsp3) is 1.00. The SMILES string of the molecule is CC(C)CC1CCCC(N2CCCC(N)C2)C1. The molecule has 0 aromatic carbocycles. The molecule has 100 valence electrons. The van der Waals surface area contributed by atoms with Crippen LogP contribution in [0.25, 0.3) is 0 Å². The zero-order valence-corrected chi connectivity index (χ0v) is 11.7. The van der Waals surface area contributed by atoms with Gasteiger partial charge in [0.2, 0.25) is 0 Å². The fourth-order valence-corrected chi connectivity index (χ4v) is 3.85. The van der Waals surface area contributed by atoms with Gasteiger partial charge in [-0.05, 0) is 50.5 Å². The number of nitrogens with zero attached hydrogens (tertiary/aromatic N) is 1. The van der Waals surface area contributed by atoms with E-state index in [-0.39, 0.29) is 0 Å². The third-order valence-electron chi connectivity index (χ3n) is 4.57. The van der Waals surface area contributed by atoms with Crippen LogP contribution in [0.2, 0.25) is 0 Å². The Hall–Kier alpha value is -0.0800. The summed E-state index contributed by atoms with van der Waals surface area (Å²) in [5.41, 5.74) is 6.11. The molecule has 0 radical (unpaired) electrons. The Balaban J connectivity index is 1.83. The molecule has 1 saturated carbocycles. The van der Waals surface area contributed by atoms with Gasteiger partial charge in [0.15, 0.2) is 0 Å². The summed E-state index contributed by atoms with van der Waals surface area (Å²) in [5.74, 6) is 1.84. The Morgan fingerprint density at radius 3 is 2.71 bits per heavy atom. The van der Waals surface area contributed by atoms with Gasteiger partial charge in [0.05, 0.1) is 0 Å². The second-order valence-corrected chi connectivity index (χ2v) is 6.71. The maximum Gasteiger partial charge on any atom is 0.0168 e. The zero-order chi connectivity index (χ0) is 12.3. The van der Waals surface area contributed by atoms with E-state index in [4.69, 9.17) is 5.73 Å². The summed E-state index contributed by atoms with van der Waals surface area (Å²) in [6, 6.07) is 1.29. The number of rotatable bonds is 3. The van der Waals surface area contributed by atoms with Crippen molar-refractivity contribution < 1.29 is 0 Å². The highest BCUT2D eigenvalue weighted by Crippen LogP contribution is 2.32. The minimum atomic E-state index is 0.439. The van der Waals surface area contributed by atoms with Gasteiger partial charge in [-0.2, -0.15) is 0 Å². The highest BCUT2D eigenvalue weighted by atomic mass is 15.2. The number of nitrogens with two attached hydrogens (primary N) is 1. The van der Waals surface area contributed by atoms with Crippen LogP contribution in [0.3, 0.4) is 0 Å². The van der Waals surface area contributed by atoms with Gasteiger partial charge in [0, 0.05) is 18.6 Å². The highest BCUT2D eigenvalue weighted by Gasteiger charge is 2.29. The molecular formula is C15H30N2. The van der Waals surface area contributed by atoms with Gasteiger partial charge >= 0.3 is 0 Å². The van der Waals surface area contributed by atoms with Crippen LogP contribution < -0.4 is 5.73 Å². The van der Waals surface area contributed by atoms with Gasteiger partial charge in [-0.1, -0.05) is 26.7 Å². The van der Waals surface area contributed by atoms with E-state index in [1.54, 1.807) is 0 Å². The summed E-state index contributed by atoms with van der Waals surface area (Å²) in [6.45, 7) is 7.17. The molecule has 0 spiro atoms. The van der Waals surface area contributed by atoms with E-state index in [9.17, 15) is 0 Å². The van der Waals surface area contributed by atoms with Crippen LogP contribution >= 0.6 is 0 Å². The first kappa shape index (κ1) is 13.4. The van der Waals surface area contributed by atoms with Gasteiger partial charge in [-0.25, -0.2) is 0 Å². The molecule has 3 atom stereocenters. The fourth-order valence-electron chi connectivity index (χ4n) is 3.85. The molecule has 17 heavy (non-hydrogen) atoms. The Morgan fingerprint density at radius 1 is 1.18 bits per heavy atom. The molecule has 3 unspecified atom stereocenters. The van der Waals surface area contributed by atoms with Crippen LogP contribution in [0.5, 0.6) is 0 Å². The maximum absolute atomic E-state index is 6.11. The molecule has 2 N–H and O–H groups in total. The molecule has 0 aromatic heterocycles. The number of hydrogen-bond acceptors (Lipinski definition) is 2. The standard InChI is InChI=1S/C15H30N2/c1-12(2)9-13-5-3-7-15(10-13)17-8-4-6-14(16)11-17/h12-15H,3-11,16H2,1-2H3. The third kappa shape index (κ3) is 3.96. The quantitative estimate of drug-likeness (QED) is 0.819. The topological polar surface area (TPSA) is 29.3 Å². The van der Waals surface area contributed by atoms with Crippen LogP contribution in [-0.2, 0) is 0 Å². The molecule has 0 amide bonds. The van der Waals surface area contributed by atoms with Gasteiger partial charge in [0.25, 0.3) is 0 Å². The molecule has 0 bridgehead atoms. The predicted octanol–water partition coefficient (Wildman–Crippen LogP) is 3.01. The van der Waals surface area contributed by atoms with E-state index >= 15 is 0 Å². The summed E-state index contributed by atoms with van der Waals surface area (Å²) >= 11 is 0. The number of hydrogen-bond donors (Lipinski definition) is 1. The molecule has 2 rings (SSSR count). The first-order valence-electron chi connectivity index (χ1n) is 7.64. The molecule has 1 saturated heterocycles. The van der Waals surface area contributed by atoms with Crippen LogP contribution in [0.4, 0.5) is 0 Å². The lowest BCUT2D eigenvalue weighted by atomic mass is 9.80. The molecule has 2 fully saturated rings. The molecule has 1 heterocycles. The van der Waals surface area contributed by atoms with Crippen molar-refractivity contribution in [1.29, 1.82) is 0 Å². The van der Waals surface area contributed by atoms with E-state index < -0.39 is 0 Å². The molecule has 2 aliphatic rings. The van der Waals surface area contributed by atoms with Crippen molar-refractivity contribution in [3.8, 4) is 0 Å². The summed E-state index contributed by atoms with van der Waals surface area (Å²) in [7, 11) is 0. The van der Waals surface area contributed by atoms with E-state index in [0.29, 0.717) is 6.04 Å². The smallest absolute Gasteiger partial charge is 0.0168 e. The summed E-state index contributed by atoms with van der Waals surface area (Å²) in [6.07, 6.45) is 9.73. The first-order chi connectivity index (χ1) is 8.15. The molecular weight excluding hydrogens is 208 g/mol. The maximum atomic E-state index is 6.11. The van der Waals surface area contributed by atoms with Crippen molar-refractivity contribution in [2.24, 2.45) is 17.6 Å². The van der Waals surface area contributed by atoms with E-state index in [2.05, 4.69) is 18.7 Å². The van der Waals surface area contributed by atoms with Crippen molar-refractivity contribution in [1.82, 2.24) is 4.90 Å². The Kier molecular flexibility index (Phi) is 4.87. The Morgan fingerprint density at radius 2 is 2.00 bits per heavy atom. The Labute approximate surface area is 107 Å². The molecule has 2 heteroatoms. The summed E-state index contributed by atoms with van der Waals surface area (Å²) in [4.78, 5) is 2.70. The third-order valence-corrected chi connectivity index (χ3v) is 4.57. The monoisotopic (exact) mass is 238 g/mol. The largest absolute Gasteiger partial charge is 0.327 e. The normalized spacial score (nSPS) is 36.4. The lowest BCUT2D eigenvalue weighted by Gasteiger charge is -2.41. The average Bonchev–Trinajstić information content (AvgIpc) is 2.28. The van der Waals surface area contributed by atoms with Gasteiger partial charge < -0.3 is 5.73 Å². The van der Waals surface area contributed by atoms with Gasteiger partial charge in [0.1, 0.15) is 0 Å². The minimum absolute atomic E-state index is 0.439. The second kappa shape index (κ2) is 6.19. The minimum Gasteiger partial charge on any atom is -0.327 e. The zero-order valence-electron chi connectivity index (χ0n) is 11.7. The van der Waals surface area contributed by atoms with Crippen molar-refractivity contribution in [2.45, 2.75) is 70.9 Å². The van der Waals surface area contributed by atoms with E-state index in [1.807, 2.05) is 0 Å². The molecule has 0 aromatic rings. The van der Waals surface area contributed by atoms with E-state index in [0.717, 1.165) is 24.4 Å². The predicted molar refractivity (Wildman–Crippen MR) is 74.0 cm³/mol. The van der Waals surface area contributed by atoms with Crippen LogP contribution in [0.1, 0.15) is 58.8 Å². The van der Waals surface area contributed by atoms with E-state index in [1.165, 1.54) is 51.5 Å². The van der Waals surface area contributed by atoms with Crippen molar-refractivity contribution in [3.05, 3.63) is 0 Å². The van der Waals surface area contributed by atoms with Crippen molar-refractivity contribution in [3.63, 3.8) is 0 Å². The number of likely N-dealkylation sites (tertiary alicyclic amines) is 1.